The number of nitrogens with one attached hydrogen (secondary N) is 1. The number of hydrogen-bond donors (Lipinski definition) is 2. The first kappa shape index (κ1) is 29.5. The van der Waals surface area contributed by atoms with Gasteiger partial charge in [0.1, 0.15) is 18.3 Å². The number of ketones is 1. The molecule has 208 valence electrons. The van der Waals surface area contributed by atoms with E-state index in [1.807, 2.05) is 30.3 Å². The summed E-state index contributed by atoms with van der Waals surface area (Å²) in [5, 5.41) is 13.9. The van der Waals surface area contributed by atoms with Gasteiger partial charge in [0.05, 0.1) is 37.4 Å². The maximum Gasteiger partial charge on any atom is 0.407 e. The van der Waals surface area contributed by atoms with Crippen LogP contribution in [0.3, 0.4) is 0 Å². The van der Waals surface area contributed by atoms with Crippen LogP contribution < -0.4 is 10.1 Å². The summed E-state index contributed by atoms with van der Waals surface area (Å²) in [4.78, 5) is 24.3. The van der Waals surface area contributed by atoms with Crippen molar-refractivity contribution in [2.24, 2.45) is 0 Å². The normalized spacial score (nSPS) is 16.0. The number of aliphatic hydroxyl groups excluding tert-OH is 1. The van der Waals surface area contributed by atoms with Gasteiger partial charge in [-0.2, -0.15) is 4.31 Å². The van der Waals surface area contributed by atoms with Gasteiger partial charge >= 0.3 is 6.09 Å². The number of carbonyl (C=O) groups is 2. The third kappa shape index (κ3) is 8.77. The molecule has 1 amide bonds. The summed E-state index contributed by atoms with van der Waals surface area (Å²) in [6.07, 6.45) is -2.57. The van der Waals surface area contributed by atoms with Gasteiger partial charge in [-0.1, -0.05) is 30.3 Å². The van der Waals surface area contributed by atoms with Crippen LogP contribution in [0.2, 0.25) is 0 Å². The van der Waals surface area contributed by atoms with E-state index in [1.165, 1.54) is 38.3 Å². The van der Waals surface area contributed by atoms with E-state index in [9.17, 15) is 23.1 Å². The van der Waals surface area contributed by atoms with Crippen LogP contribution in [0.4, 0.5) is 4.79 Å². The Labute approximate surface area is 222 Å². The van der Waals surface area contributed by atoms with Crippen LogP contribution in [-0.4, -0.2) is 88.2 Å². The third-order valence-corrected chi connectivity index (χ3v) is 7.79. The standard InChI is InChI=1S/C26H34N2O9S/c1-19(29)12-13-28(38(32,33)23-10-8-21(34-2)9-11-23)15-25(30)24(14-20-6-4-3-5-7-20)27-26(31)37-22-16-35-18-36-17-22/h3-11,22,24-25,30H,12-18H2,1-2H3,(H,27,31). The van der Waals surface area contributed by atoms with Gasteiger partial charge in [0.25, 0.3) is 0 Å². The van der Waals surface area contributed by atoms with Gasteiger partial charge in [0.15, 0.2) is 6.10 Å². The van der Waals surface area contributed by atoms with Gasteiger partial charge in [0.2, 0.25) is 10.0 Å². The molecule has 12 heteroatoms. The van der Waals surface area contributed by atoms with Gasteiger partial charge in [0, 0.05) is 19.5 Å². The van der Waals surface area contributed by atoms with Crippen molar-refractivity contribution in [3.8, 4) is 5.75 Å². The van der Waals surface area contributed by atoms with E-state index in [0.717, 1.165) is 9.87 Å². The second kappa shape index (κ2) is 14.2. The fourth-order valence-electron chi connectivity index (χ4n) is 3.85. The van der Waals surface area contributed by atoms with Crippen molar-refractivity contribution in [3.63, 3.8) is 0 Å². The number of sulfonamides is 1. The molecule has 0 bridgehead atoms. The summed E-state index contributed by atoms with van der Waals surface area (Å²) in [6, 6.07) is 14.1. The summed E-state index contributed by atoms with van der Waals surface area (Å²) in [6.45, 7) is 1.34. The lowest BCUT2D eigenvalue weighted by Gasteiger charge is -2.30. The molecule has 0 spiro atoms. The maximum atomic E-state index is 13.5. The average molecular weight is 551 g/mol. The highest BCUT2D eigenvalue weighted by Gasteiger charge is 2.32. The van der Waals surface area contributed by atoms with Crippen LogP contribution in [0.5, 0.6) is 5.75 Å². The number of ether oxygens (including phenoxy) is 4. The number of aliphatic hydroxyl groups is 1. The summed E-state index contributed by atoms with van der Waals surface area (Å²) in [7, 11) is -2.62. The van der Waals surface area contributed by atoms with E-state index in [0.29, 0.717) is 5.75 Å². The minimum absolute atomic E-state index is 0.0154. The molecule has 2 N–H and O–H groups in total. The number of carbonyl (C=O) groups excluding carboxylic acids is 2. The molecule has 0 aliphatic carbocycles. The number of nitrogens with zero attached hydrogens (tertiary/aromatic N) is 1. The highest BCUT2D eigenvalue weighted by molar-refractivity contribution is 7.89. The molecule has 1 aliphatic rings. The summed E-state index contributed by atoms with van der Waals surface area (Å²) in [5.41, 5.74) is 0.814. The zero-order valence-electron chi connectivity index (χ0n) is 21.4. The van der Waals surface area contributed by atoms with E-state index in [2.05, 4.69) is 5.32 Å². The van der Waals surface area contributed by atoms with Crippen LogP contribution >= 0.6 is 0 Å². The zero-order chi connectivity index (χ0) is 27.5. The molecule has 11 nitrogen and oxygen atoms in total. The Bertz CT molecular complexity index is 1140. The van der Waals surface area contributed by atoms with E-state index >= 15 is 0 Å². The van der Waals surface area contributed by atoms with E-state index < -0.39 is 34.4 Å². The largest absolute Gasteiger partial charge is 0.497 e. The fourth-order valence-corrected chi connectivity index (χ4v) is 5.31. The highest BCUT2D eigenvalue weighted by atomic mass is 32.2. The molecule has 1 saturated heterocycles. The van der Waals surface area contributed by atoms with Gasteiger partial charge in [-0.25, -0.2) is 13.2 Å². The molecular formula is C26H34N2O9S. The second-order valence-corrected chi connectivity index (χ2v) is 10.8. The second-order valence-electron chi connectivity index (χ2n) is 8.89. The minimum atomic E-state index is -4.09. The first-order valence-corrected chi connectivity index (χ1v) is 13.6. The van der Waals surface area contributed by atoms with Crippen molar-refractivity contribution < 1.29 is 42.1 Å². The molecule has 0 radical (unpaired) electrons. The smallest absolute Gasteiger partial charge is 0.407 e. The number of rotatable bonds is 13. The first-order valence-electron chi connectivity index (χ1n) is 12.2. The molecule has 0 saturated carbocycles. The Morgan fingerprint density at radius 3 is 2.37 bits per heavy atom. The number of Topliss-reactive ketones (excluding diaryl/α,β-unsaturated/α-hetero) is 1. The molecular weight excluding hydrogens is 516 g/mol. The minimum Gasteiger partial charge on any atom is -0.497 e. The Hall–Kier alpha value is -3.03. The maximum absolute atomic E-state index is 13.5. The average Bonchev–Trinajstić information content (AvgIpc) is 2.91. The number of methoxy groups -OCH3 is 1. The van der Waals surface area contributed by atoms with Gasteiger partial charge < -0.3 is 29.4 Å². The van der Waals surface area contributed by atoms with Crippen molar-refractivity contribution >= 4 is 21.9 Å². The first-order chi connectivity index (χ1) is 18.2. The number of hydrogen-bond acceptors (Lipinski definition) is 9. The van der Waals surface area contributed by atoms with Crippen LogP contribution in [0.15, 0.2) is 59.5 Å². The van der Waals surface area contributed by atoms with Crippen LogP contribution in [-0.2, 0) is 35.4 Å². The molecule has 1 aliphatic heterocycles. The molecule has 2 unspecified atom stereocenters. The molecule has 2 atom stereocenters. The van der Waals surface area contributed by atoms with Crippen LogP contribution in [0, 0.1) is 0 Å². The summed E-state index contributed by atoms with van der Waals surface area (Å²) < 4.78 is 48.7. The van der Waals surface area contributed by atoms with E-state index in [4.69, 9.17) is 18.9 Å². The van der Waals surface area contributed by atoms with Crippen molar-refractivity contribution in [2.75, 3.05) is 40.2 Å². The molecule has 2 aromatic rings. The topological polar surface area (TPSA) is 141 Å². The molecule has 3 rings (SSSR count). The van der Waals surface area contributed by atoms with Crippen molar-refractivity contribution in [3.05, 3.63) is 60.2 Å². The molecule has 38 heavy (non-hydrogen) atoms. The van der Waals surface area contributed by atoms with Crippen LogP contribution in [0.1, 0.15) is 18.9 Å². The molecule has 0 aromatic heterocycles. The van der Waals surface area contributed by atoms with Gasteiger partial charge in [-0.05, 0) is 43.2 Å². The van der Waals surface area contributed by atoms with E-state index in [1.54, 1.807) is 0 Å². The van der Waals surface area contributed by atoms with Gasteiger partial charge in [-0.15, -0.1) is 0 Å². The molecule has 2 aromatic carbocycles. The lowest BCUT2D eigenvalue weighted by atomic mass is 10.0. The lowest BCUT2D eigenvalue weighted by molar-refractivity contribution is -0.151. The Morgan fingerprint density at radius 2 is 1.76 bits per heavy atom. The van der Waals surface area contributed by atoms with Crippen LogP contribution in [0.25, 0.3) is 0 Å². The predicted octanol–water partition coefficient (Wildman–Crippen LogP) is 1.74. The fraction of sp³-hybridized carbons (Fsp3) is 0.462. The SMILES string of the molecule is COc1ccc(S(=O)(=O)N(CCC(C)=O)CC(O)C(Cc2ccccc2)NC(=O)OC2COCOC2)cc1. The highest BCUT2D eigenvalue weighted by Crippen LogP contribution is 2.21. The van der Waals surface area contributed by atoms with Crippen molar-refractivity contribution in [1.29, 1.82) is 0 Å². The number of alkyl carbamates (subject to hydrolysis) is 1. The number of benzene rings is 2. The summed E-state index contributed by atoms with van der Waals surface area (Å²) >= 11 is 0. The zero-order valence-corrected chi connectivity index (χ0v) is 22.3. The summed E-state index contributed by atoms with van der Waals surface area (Å²) in [5.74, 6) is 0.285. The Morgan fingerprint density at radius 1 is 1.11 bits per heavy atom. The number of amides is 1. The van der Waals surface area contributed by atoms with Gasteiger partial charge in [-0.3, -0.25) is 4.79 Å². The molecule has 1 heterocycles. The quantitative estimate of drug-likeness (QED) is 0.381. The Balaban J connectivity index is 1.80. The molecule has 1 fully saturated rings. The van der Waals surface area contributed by atoms with Crippen molar-refractivity contribution in [2.45, 2.75) is 42.9 Å². The Kier molecular flexibility index (Phi) is 11.0. The van der Waals surface area contributed by atoms with E-state index in [-0.39, 0.29) is 56.6 Å². The predicted molar refractivity (Wildman–Crippen MR) is 137 cm³/mol. The lowest BCUT2D eigenvalue weighted by Crippen LogP contribution is -2.51. The third-order valence-electron chi connectivity index (χ3n) is 5.92. The van der Waals surface area contributed by atoms with Crippen molar-refractivity contribution in [1.82, 2.24) is 9.62 Å². The monoisotopic (exact) mass is 550 g/mol.